The first-order chi connectivity index (χ1) is 5.74. The Balaban J connectivity index is 2.29. The number of ether oxygens (including phenoxy) is 1. The Bertz CT molecular complexity index is 125. The number of aliphatic hydroxyl groups excluding tert-OH is 1. The number of hydrogen-bond donors (Lipinski definition) is 1. The zero-order valence-electron chi connectivity index (χ0n) is 8.12. The molecule has 1 unspecified atom stereocenters. The normalized spacial score (nSPS) is 33.2. The van der Waals surface area contributed by atoms with Crippen LogP contribution in [0.1, 0.15) is 39.5 Å². The summed E-state index contributed by atoms with van der Waals surface area (Å²) in [6.07, 6.45) is 4.24. The maximum Gasteiger partial charge on any atom is 0.0625 e. The van der Waals surface area contributed by atoms with Crippen molar-refractivity contribution in [3.8, 4) is 0 Å². The molecule has 12 heavy (non-hydrogen) atoms. The van der Waals surface area contributed by atoms with Crippen LogP contribution < -0.4 is 0 Å². The summed E-state index contributed by atoms with van der Waals surface area (Å²) < 4.78 is 5.60. The summed E-state index contributed by atoms with van der Waals surface area (Å²) in [6, 6.07) is 0. The molecule has 0 radical (unpaired) electrons. The molecule has 0 aliphatic carbocycles. The van der Waals surface area contributed by atoms with Gasteiger partial charge >= 0.3 is 0 Å². The molecule has 1 heterocycles. The third-order valence-electron chi connectivity index (χ3n) is 2.67. The van der Waals surface area contributed by atoms with Gasteiger partial charge in [-0.3, -0.25) is 0 Å². The van der Waals surface area contributed by atoms with Crippen LogP contribution in [-0.4, -0.2) is 23.9 Å². The van der Waals surface area contributed by atoms with Crippen molar-refractivity contribution in [3.05, 3.63) is 0 Å². The zero-order chi connectivity index (χ0) is 8.97. The minimum absolute atomic E-state index is 0.122. The molecule has 0 bridgehead atoms. The number of rotatable bonds is 3. The topological polar surface area (TPSA) is 29.5 Å². The van der Waals surface area contributed by atoms with Crippen LogP contribution in [0.5, 0.6) is 0 Å². The molecule has 3 atom stereocenters. The second-order valence-corrected chi connectivity index (χ2v) is 3.85. The summed E-state index contributed by atoms with van der Waals surface area (Å²) in [5.74, 6) is 0.602. The average Bonchev–Trinajstić information content (AvgIpc) is 2.05. The Kier molecular flexibility index (Phi) is 4.02. The molecule has 1 aliphatic rings. The summed E-state index contributed by atoms with van der Waals surface area (Å²) in [4.78, 5) is 0. The summed E-state index contributed by atoms with van der Waals surface area (Å²) >= 11 is 0. The highest BCUT2D eigenvalue weighted by Crippen LogP contribution is 2.23. The molecule has 1 rings (SSSR count). The maximum atomic E-state index is 9.42. The van der Waals surface area contributed by atoms with Gasteiger partial charge in [0.15, 0.2) is 0 Å². The van der Waals surface area contributed by atoms with Crippen molar-refractivity contribution in [3.63, 3.8) is 0 Å². The molecule has 1 fully saturated rings. The van der Waals surface area contributed by atoms with Gasteiger partial charge in [0.25, 0.3) is 0 Å². The first kappa shape index (κ1) is 10.0. The fraction of sp³-hybridized carbons (Fsp3) is 1.00. The van der Waals surface area contributed by atoms with Crippen molar-refractivity contribution in [1.29, 1.82) is 0 Å². The molecule has 2 nitrogen and oxygen atoms in total. The van der Waals surface area contributed by atoms with E-state index in [0.717, 1.165) is 19.4 Å². The van der Waals surface area contributed by atoms with Gasteiger partial charge in [0, 0.05) is 6.61 Å². The van der Waals surface area contributed by atoms with Crippen LogP contribution in [0, 0.1) is 5.92 Å². The van der Waals surface area contributed by atoms with Crippen LogP contribution in [0.3, 0.4) is 0 Å². The standard InChI is InChI=1S/C10H20O2/c1-3-4-8(2)10-7-9(11)5-6-12-10/h8-11H,3-7H2,1-2H3/t8?,9-,10+/m1/s1. The molecule has 0 saturated carbocycles. The van der Waals surface area contributed by atoms with Crippen molar-refractivity contribution in [2.45, 2.75) is 51.7 Å². The van der Waals surface area contributed by atoms with Gasteiger partial charge in [0.1, 0.15) is 0 Å². The molecule has 1 aliphatic heterocycles. The summed E-state index contributed by atoms with van der Waals surface area (Å²) in [5.41, 5.74) is 0. The summed E-state index contributed by atoms with van der Waals surface area (Å²) in [6.45, 7) is 5.14. The third kappa shape index (κ3) is 2.76. The Morgan fingerprint density at radius 2 is 2.33 bits per heavy atom. The molecule has 1 N–H and O–H groups in total. The van der Waals surface area contributed by atoms with Crippen LogP contribution in [-0.2, 0) is 4.74 Å². The van der Waals surface area contributed by atoms with Gasteiger partial charge < -0.3 is 9.84 Å². The van der Waals surface area contributed by atoms with E-state index in [2.05, 4.69) is 13.8 Å². The molecule has 0 aromatic carbocycles. The molecule has 1 saturated heterocycles. The zero-order valence-corrected chi connectivity index (χ0v) is 8.12. The predicted molar refractivity (Wildman–Crippen MR) is 49.1 cm³/mol. The van der Waals surface area contributed by atoms with Crippen molar-refractivity contribution < 1.29 is 9.84 Å². The van der Waals surface area contributed by atoms with E-state index in [1.807, 2.05) is 0 Å². The molecule has 72 valence electrons. The SMILES string of the molecule is CCCC(C)[C@@H]1C[C@H](O)CCO1. The van der Waals surface area contributed by atoms with E-state index in [9.17, 15) is 5.11 Å². The Morgan fingerprint density at radius 3 is 2.92 bits per heavy atom. The van der Waals surface area contributed by atoms with Gasteiger partial charge in [-0.1, -0.05) is 20.3 Å². The second kappa shape index (κ2) is 4.83. The first-order valence-electron chi connectivity index (χ1n) is 5.03. The maximum absolute atomic E-state index is 9.42. The Labute approximate surface area is 74.9 Å². The molecule has 0 aromatic rings. The monoisotopic (exact) mass is 172 g/mol. The van der Waals surface area contributed by atoms with Gasteiger partial charge in [0.05, 0.1) is 12.2 Å². The van der Waals surface area contributed by atoms with E-state index in [1.165, 1.54) is 12.8 Å². The first-order valence-corrected chi connectivity index (χ1v) is 5.03. The summed E-state index contributed by atoms with van der Waals surface area (Å²) in [5, 5.41) is 9.42. The quantitative estimate of drug-likeness (QED) is 0.705. The van der Waals surface area contributed by atoms with Gasteiger partial charge in [0.2, 0.25) is 0 Å². The van der Waals surface area contributed by atoms with Crippen LogP contribution in [0.4, 0.5) is 0 Å². The lowest BCUT2D eigenvalue weighted by Crippen LogP contribution is -2.33. The number of hydrogen-bond acceptors (Lipinski definition) is 2. The van der Waals surface area contributed by atoms with E-state index < -0.39 is 0 Å². The highest BCUT2D eigenvalue weighted by molar-refractivity contribution is 4.74. The Hall–Kier alpha value is -0.0800. The minimum atomic E-state index is -0.122. The van der Waals surface area contributed by atoms with Crippen LogP contribution in [0.25, 0.3) is 0 Å². The average molecular weight is 172 g/mol. The van der Waals surface area contributed by atoms with Gasteiger partial charge in [-0.05, 0) is 25.2 Å². The van der Waals surface area contributed by atoms with Crippen LogP contribution in [0.2, 0.25) is 0 Å². The van der Waals surface area contributed by atoms with E-state index in [4.69, 9.17) is 4.74 Å². The van der Waals surface area contributed by atoms with Crippen LogP contribution in [0.15, 0.2) is 0 Å². The molecular weight excluding hydrogens is 152 g/mol. The lowest BCUT2D eigenvalue weighted by atomic mass is 9.92. The highest BCUT2D eigenvalue weighted by Gasteiger charge is 2.24. The molecule has 0 amide bonds. The van der Waals surface area contributed by atoms with E-state index >= 15 is 0 Å². The second-order valence-electron chi connectivity index (χ2n) is 3.85. The highest BCUT2D eigenvalue weighted by atomic mass is 16.5. The minimum Gasteiger partial charge on any atom is -0.393 e. The molecule has 0 spiro atoms. The fourth-order valence-electron chi connectivity index (χ4n) is 1.85. The largest absolute Gasteiger partial charge is 0.393 e. The van der Waals surface area contributed by atoms with Crippen LogP contribution >= 0.6 is 0 Å². The molecule has 2 heteroatoms. The predicted octanol–water partition coefficient (Wildman–Crippen LogP) is 1.96. The number of aliphatic hydroxyl groups is 1. The van der Waals surface area contributed by atoms with Crippen molar-refractivity contribution in [1.82, 2.24) is 0 Å². The lowest BCUT2D eigenvalue weighted by Gasteiger charge is -2.30. The smallest absolute Gasteiger partial charge is 0.0625 e. The van der Waals surface area contributed by atoms with Crippen molar-refractivity contribution >= 4 is 0 Å². The van der Waals surface area contributed by atoms with E-state index in [1.54, 1.807) is 0 Å². The van der Waals surface area contributed by atoms with Gasteiger partial charge in [-0.2, -0.15) is 0 Å². The Morgan fingerprint density at radius 1 is 1.58 bits per heavy atom. The lowest BCUT2D eigenvalue weighted by molar-refractivity contribution is -0.0673. The summed E-state index contributed by atoms with van der Waals surface area (Å²) in [7, 11) is 0. The van der Waals surface area contributed by atoms with Crippen molar-refractivity contribution in [2.24, 2.45) is 5.92 Å². The van der Waals surface area contributed by atoms with Crippen molar-refractivity contribution in [2.75, 3.05) is 6.61 Å². The van der Waals surface area contributed by atoms with E-state index in [0.29, 0.717) is 12.0 Å². The van der Waals surface area contributed by atoms with E-state index in [-0.39, 0.29) is 6.10 Å². The van der Waals surface area contributed by atoms with Gasteiger partial charge in [-0.15, -0.1) is 0 Å². The third-order valence-corrected chi connectivity index (χ3v) is 2.67. The molecular formula is C10H20O2. The van der Waals surface area contributed by atoms with Gasteiger partial charge in [-0.25, -0.2) is 0 Å². The fourth-order valence-corrected chi connectivity index (χ4v) is 1.85. The molecule has 0 aromatic heterocycles.